The summed E-state index contributed by atoms with van der Waals surface area (Å²) in [5, 5.41) is 2.68. The number of alkyl halides is 3. The first kappa shape index (κ1) is 15.9. The molecule has 21 heavy (non-hydrogen) atoms. The summed E-state index contributed by atoms with van der Waals surface area (Å²) in [6, 6.07) is 2.10. The van der Waals surface area contributed by atoms with Crippen molar-refractivity contribution in [2.45, 2.75) is 38.7 Å². The Morgan fingerprint density at radius 1 is 1.38 bits per heavy atom. The van der Waals surface area contributed by atoms with Gasteiger partial charge in [-0.2, -0.15) is 13.2 Å². The van der Waals surface area contributed by atoms with Gasteiger partial charge in [-0.1, -0.05) is 0 Å². The monoisotopic (exact) mass is 303 g/mol. The first-order valence-electron chi connectivity index (χ1n) is 6.80. The Morgan fingerprint density at radius 2 is 2.05 bits per heavy atom. The molecular weight excluding hydrogens is 283 g/mol. The van der Waals surface area contributed by atoms with E-state index >= 15 is 0 Å². The lowest BCUT2D eigenvalue weighted by molar-refractivity contribution is -0.137. The number of pyridine rings is 1. The van der Waals surface area contributed by atoms with Crippen molar-refractivity contribution in [2.75, 3.05) is 30.4 Å². The second kappa shape index (κ2) is 5.36. The van der Waals surface area contributed by atoms with Crippen molar-refractivity contribution < 1.29 is 17.9 Å². The van der Waals surface area contributed by atoms with Gasteiger partial charge in [0, 0.05) is 20.1 Å². The molecule has 118 valence electrons. The smallest absolute Gasteiger partial charge is 0.373 e. The van der Waals surface area contributed by atoms with Gasteiger partial charge in [-0.05, 0) is 32.9 Å². The third-order valence-electron chi connectivity index (χ3n) is 3.29. The molecule has 0 bridgehead atoms. The maximum atomic E-state index is 13.0. The highest BCUT2D eigenvalue weighted by Gasteiger charge is 2.35. The van der Waals surface area contributed by atoms with Crippen LogP contribution in [0.5, 0.6) is 0 Å². The highest BCUT2D eigenvalue weighted by Crippen LogP contribution is 2.34. The summed E-state index contributed by atoms with van der Waals surface area (Å²) in [5.41, 5.74) is -1.12. The van der Waals surface area contributed by atoms with E-state index in [0.717, 1.165) is 12.1 Å². The molecule has 2 heterocycles. The highest BCUT2D eigenvalue weighted by molar-refractivity contribution is 5.51. The van der Waals surface area contributed by atoms with Gasteiger partial charge in [-0.25, -0.2) is 4.98 Å². The average Bonchev–Trinajstić information content (AvgIpc) is 2.34. The number of anilines is 2. The minimum absolute atomic E-state index is 0.0665. The van der Waals surface area contributed by atoms with Gasteiger partial charge in [0.25, 0.3) is 0 Å². The molecule has 1 atom stereocenters. The van der Waals surface area contributed by atoms with Crippen LogP contribution in [0.1, 0.15) is 26.3 Å². The number of hydrogen-bond acceptors (Lipinski definition) is 4. The van der Waals surface area contributed by atoms with E-state index < -0.39 is 17.3 Å². The fraction of sp³-hybridized carbons (Fsp3) is 0.643. The number of halogens is 3. The van der Waals surface area contributed by atoms with E-state index in [0.29, 0.717) is 18.9 Å². The molecule has 1 aliphatic rings. The number of rotatable bonds is 2. The maximum Gasteiger partial charge on any atom is 0.416 e. The Morgan fingerprint density at radius 3 is 2.57 bits per heavy atom. The molecule has 1 fully saturated rings. The topological polar surface area (TPSA) is 37.4 Å². The third kappa shape index (κ3) is 3.78. The first-order chi connectivity index (χ1) is 9.60. The predicted octanol–water partition coefficient (Wildman–Crippen LogP) is 3.15. The predicted molar refractivity (Wildman–Crippen MR) is 75.6 cm³/mol. The van der Waals surface area contributed by atoms with Crippen LogP contribution in [-0.2, 0) is 10.9 Å². The SMILES string of the molecule is CNc1cc(C(F)(F)F)cc(N2CC(C)OC(C)(C)C2)n1. The lowest BCUT2D eigenvalue weighted by Gasteiger charge is -2.42. The van der Waals surface area contributed by atoms with Gasteiger partial charge in [-0.15, -0.1) is 0 Å². The summed E-state index contributed by atoms with van der Waals surface area (Å²) >= 11 is 0. The summed E-state index contributed by atoms with van der Waals surface area (Å²) in [5.74, 6) is 0.522. The molecule has 4 nitrogen and oxygen atoms in total. The fourth-order valence-corrected chi connectivity index (χ4v) is 2.60. The van der Waals surface area contributed by atoms with Crippen molar-refractivity contribution in [3.05, 3.63) is 17.7 Å². The zero-order valence-corrected chi connectivity index (χ0v) is 12.6. The van der Waals surface area contributed by atoms with E-state index in [2.05, 4.69) is 10.3 Å². The van der Waals surface area contributed by atoms with Crippen molar-refractivity contribution in [3.8, 4) is 0 Å². The molecule has 0 saturated carbocycles. The van der Waals surface area contributed by atoms with E-state index in [-0.39, 0.29) is 11.9 Å². The van der Waals surface area contributed by atoms with Gasteiger partial charge >= 0.3 is 6.18 Å². The zero-order chi connectivity index (χ0) is 15.8. The summed E-state index contributed by atoms with van der Waals surface area (Å²) < 4.78 is 44.7. The molecule has 0 aromatic carbocycles. The molecule has 1 aromatic rings. The number of nitrogens with one attached hydrogen (secondary N) is 1. The van der Waals surface area contributed by atoms with E-state index in [4.69, 9.17) is 4.74 Å². The Hall–Kier alpha value is -1.50. The molecule has 2 rings (SSSR count). The van der Waals surface area contributed by atoms with Gasteiger partial charge < -0.3 is 15.0 Å². The van der Waals surface area contributed by atoms with Crippen LogP contribution in [0.2, 0.25) is 0 Å². The molecule has 1 saturated heterocycles. The van der Waals surface area contributed by atoms with Crippen LogP contribution in [0, 0.1) is 0 Å². The fourth-order valence-electron chi connectivity index (χ4n) is 2.60. The van der Waals surface area contributed by atoms with E-state index in [1.807, 2.05) is 25.7 Å². The minimum Gasteiger partial charge on any atom is -0.373 e. The standard InChI is InChI=1S/C14H20F3N3O/c1-9-7-20(8-13(2,3)21-9)12-6-10(14(15,16)17)5-11(18-4)19-12/h5-6,9H,7-8H2,1-4H3,(H,18,19). The first-order valence-corrected chi connectivity index (χ1v) is 6.80. The summed E-state index contributed by atoms with van der Waals surface area (Å²) in [6.07, 6.45) is -4.46. The van der Waals surface area contributed by atoms with Gasteiger partial charge in [0.2, 0.25) is 0 Å². The van der Waals surface area contributed by atoms with Crippen LogP contribution < -0.4 is 10.2 Å². The van der Waals surface area contributed by atoms with Crippen LogP contribution in [0.25, 0.3) is 0 Å². The molecule has 0 spiro atoms. The van der Waals surface area contributed by atoms with Crippen LogP contribution >= 0.6 is 0 Å². The largest absolute Gasteiger partial charge is 0.416 e. The van der Waals surface area contributed by atoms with Gasteiger partial charge in [0.15, 0.2) is 0 Å². The molecule has 1 aliphatic heterocycles. The maximum absolute atomic E-state index is 13.0. The number of nitrogens with zero attached hydrogens (tertiary/aromatic N) is 2. The Kier molecular flexibility index (Phi) is 4.06. The van der Waals surface area contributed by atoms with Crippen molar-refractivity contribution in [1.82, 2.24) is 4.98 Å². The van der Waals surface area contributed by atoms with E-state index in [1.165, 1.54) is 0 Å². The number of ether oxygens (including phenoxy) is 1. The lowest BCUT2D eigenvalue weighted by atomic mass is 10.1. The number of morpholine rings is 1. The molecule has 0 radical (unpaired) electrons. The van der Waals surface area contributed by atoms with Crippen LogP contribution in [0.3, 0.4) is 0 Å². The van der Waals surface area contributed by atoms with Gasteiger partial charge in [0.1, 0.15) is 11.6 Å². The molecule has 1 unspecified atom stereocenters. The highest BCUT2D eigenvalue weighted by atomic mass is 19.4. The summed E-state index contributed by atoms with van der Waals surface area (Å²) in [4.78, 5) is 6.09. The van der Waals surface area contributed by atoms with Crippen LogP contribution in [0.15, 0.2) is 12.1 Å². The number of aromatic nitrogens is 1. The molecule has 1 aromatic heterocycles. The summed E-state index contributed by atoms with van der Waals surface area (Å²) in [7, 11) is 1.55. The van der Waals surface area contributed by atoms with Crippen molar-refractivity contribution in [3.63, 3.8) is 0 Å². The second-order valence-electron chi connectivity index (χ2n) is 5.92. The van der Waals surface area contributed by atoms with Crippen molar-refractivity contribution in [1.29, 1.82) is 0 Å². The minimum atomic E-state index is -4.39. The van der Waals surface area contributed by atoms with E-state index in [1.54, 1.807) is 7.05 Å². The number of hydrogen-bond donors (Lipinski definition) is 1. The van der Waals surface area contributed by atoms with Crippen molar-refractivity contribution in [2.24, 2.45) is 0 Å². The second-order valence-corrected chi connectivity index (χ2v) is 5.92. The molecule has 1 N–H and O–H groups in total. The molecule has 0 amide bonds. The van der Waals surface area contributed by atoms with E-state index in [9.17, 15) is 13.2 Å². The molecule has 7 heteroatoms. The Bertz CT molecular complexity index is 517. The van der Waals surface area contributed by atoms with Crippen LogP contribution in [0.4, 0.5) is 24.8 Å². The summed E-state index contributed by atoms with van der Waals surface area (Å²) in [6.45, 7) is 6.75. The van der Waals surface area contributed by atoms with Crippen LogP contribution in [-0.4, -0.2) is 36.8 Å². The lowest BCUT2D eigenvalue weighted by Crippen LogP contribution is -2.52. The molecule has 0 aliphatic carbocycles. The quantitative estimate of drug-likeness (QED) is 0.911. The van der Waals surface area contributed by atoms with Gasteiger partial charge in [-0.3, -0.25) is 0 Å². The van der Waals surface area contributed by atoms with Gasteiger partial charge in [0.05, 0.1) is 17.3 Å². The van der Waals surface area contributed by atoms with Crippen molar-refractivity contribution >= 4 is 11.6 Å². The zero-order valence-electron chi connectivity index (χ0n) is 12.6. The third-order valence-corrected chi connectivity index (χ3v) is 3.29. The Balaban J connectivity index is 2.38. The Labute approximate surface area is 122 Å². The normalized spacial score (nSPS) is 22.2. The average molecular weight is 303 g/mol. The molecular formula is C14H20F3N3O.